The lowest BCUT2D eigenvalue weighted by molar-refractivity contribution is 0.00829. The molecule has 6 atom stereocenters. The van der Waals surface area contributed by atoms with Crippen LogP contribution in [0.2, 0.25) is 0 Å². The third kappa shape index (κ3) is 7.44. The maximum atomic E-state index is 6.22. The molecule has 0 heterocycles. The minimum atomic E-state index is 0.489. The first-order valence-electron chi connectivity index (χ1n) is 13.2. The fraction of sp³-hybridized carbons (Fsp3) is 0.857. The summed E-state index contributed by atoms with van der Waals surface area (Å²) in [5, 5.41) is 2.00. The Kier molecular flexibility index (Phi) is 13.3. The molecule has 6 unspecified atom stereocenters. The van der Waals surface area contributed by atoms with Crippen LogP contribution in [0, 0.1) is 35.0 Å². The van der Waals surface area contributed by atoms with Gasteiger partial charge in [0, 0.05) is 13.1 Å². The van der Waals surface area contributed by atoms with Gasteiger partial charge < -0.3 is 5.73 Å². The molecule has 0 aromatic heterocycles. The van der Waals surface area contributed by atoms with Crippen molar-refractivity contribution in [3.63, 3.8) is 0 Å². The maximum absolute atomic E-state index is 6.22. The van der Waals surface area contributed by atoms with Crippen molar-refractivity contribution in [2.75, 3.05) is 20.1 Å². The predicted molar refractivity (Wildman–Crippen MR) is 139 cm³/mol. The Labute approximate surface area is 195 Å². The summed E-state index contributed by atoms with van der Waals surface area (Å²) in [5.74, 6) is 10.8. The van der Waals surface area contributed by atoms with Crippen LogP contribution >= 0.6 is 0 Å². The van der Waals surface area contributed by atoms with Gasteiger partial charge in [0.25, 0.3) is 0 Å². The first-order chi connectivity index (χ1) is 15.0. The van der Waals surface area contributed by atoms with Gasteiger partial charge in [0.2, 0.25) is 0 Å². The fourth-order valence-electron chi connectivity index (χ4n) is 7.31. The first-order valence-corrected chi connectivity index (χ1v) is 13.2. The lowest BCUT2D eigenvalue weighted by atomic mass is 9.55. The summed E-state index contributed by atoms with van der Waals surface area (Å²) in [4.78, 5) is 0. The molecule has 3 heteroatoms. The van der Waals surface area contributed by atoms with Gasteiger partial charge in [-0.25, -0.2) is 5.01 Å². The van der Waals surface area contributed by atoms with E-state index in [1.54, 1.807) is 0 Å². The van der Waals surface area contributed by atoms with Crippen LogP contribution in [-0.4, -0.2) is 25.1 Å². The molecule has 0 saturated heterocycles. The van der Waals surface area contributed by atoms with E-state index < -0.39 is 0 Å². The van der Waals surface area contributed by atoms with Crippen LogP contribution in [0.5, 0.6) is 0 Å². The molecule has 3 aliphatic carbocycles. The third-order valence-corrected chi connectivity index (χ3v) is 8.75. The molecule has 0 aromatic carbocycles. The highest BCUT2D eigenvalue weighted by molar-refractivity contribution is 5.15. The highest BCUT2D eigenvalue weighted by Gasteiger charge is 2.53. The van der Waals surface area contributed by atoms with Crippen molar-refractivity contribution < 1.29 is 0 Å². The molecule has 0 amide bonds. The second-order valence-corrected chi connectivity index (χ2v) is 10.7. The second-order valence-electron chi connectivity index (χ2n) is 10.7. The quantitative estimate of drug-likeness (QED) is 0.280. The summed E-state index contributed by atoms with van der Waals surface area (Å²) < 4.78 is 0. The molecule has 0 radical (unpaired) electrons. The van der Waals surface area contributed by atoms with Crippen molar-refractivity contribution in [2.45, 2.75) is 97.8 Å². The van der Waals surface area contributed by atoms with Crippen LogP contribution in [0.25, 0.3) is 0 Å². The monoisotopic (exact) mass is 433 g/mol. The fourth-order valence-corrected chi connectivity index (χ4v) is 7.31. The minimum absolute atomic E-state index is 0.489. The van der Waals surface area contributed by atoms with Gasteiger partial charge in [0.05, 0.1) is 0 Å². The summed E-state index contributed by atoms with van der Waals surface area (Å²) in [6, 6.07) is 0. The average Bonchev–Trinajstić information content (AvgIpc) is 3.12. The van der Waals surface area contributed by atoms with Crippen molar-refractivity contribution in [3.05, 3.63) is 25.3 Å². The van der Waals surface area contributed by atoms with Crippen LogP contribution in [-0.2, 0) is 0 Å². The predicted octanol–water partition coefficient (Wildman–Crippen LogP) is 6.94. The lowest BCUT2D eigenvalue weighted by Gasteiger charge is -2.50. The third-order valence-electron chi connectivity index (χ3n) is 8.75. The second kappa shape index (κ2) is 14.5. The largest absolute Gasteiger partial charge is 0.333 e. The summed E-state index contributed by atoms with van der Waals surface area (Å²) in [6.45, 7) is 19.7. The van der Waals surface area contributed by atoms with E-state index in [0.29, 0.717) is 11.3 Å². The summed E-state index contributed by atoms with van der Waals surface area (Å²) in [6.07, 6.45) is 17.1. The molecule has 31 heavy (non-hydrogen) atoms. The van der Waals surface area contributed by atoms with Crippen molar-refractivity contribution in [3.8, 4) is 0 Å². The van der Waals surface area contributed by atoms with Crippen LogP contribution in [0.3, 0.4) is 0 Å². The normalized spacial score (nSPS) is 35.5. The number of hydrogen-bond acceptors (Lipinski definition) is 3. The van der Waals surface area contributed by atoms with E-state index in [4.69, 9.17) is 5.84 Å². The van der Waals surface area contributed by atoms with E-state index in [1.807, 2.05) is 5.01 Å². The van der Waals surface area contributed by atoms with Crippen LogP contribution in [0.15, 0.2) is 25.3 Å². The van der Waals surface area contributed by atoms with Gasteiger partial charge in [-0.3, -0.25) is 5.84 Å². The molecule has 0 aromatic rings. The van der Waals surface area contributed by atoms with Crippen LogP contribution in [0.4, 0.5) is 0 Å². The van der Waals surface area contributed by atoms with E-state index in [1.165, 1.54) is 83.2 Å². The highest BCUT2D eigenvalue weighted by Crippen LogP contribution is 2.62. The summed E-state index contributed by atoms with van der Waals surface area (Å²) >= 11 is 0. The van der Waals surface area contributed by atoms with Gasteiger partial charge in [-0.2, -0.15) is 0 Å². The van der Waals surface area contributed by atoms with E-state index in [-0.39, 0.29) is 0 Å². The Bertz CT molecular complexity index is 504. The molecule has 4 N–H and O–H groups in total. The molecule has 3 nitrogen and oxygen atoms in total. The number of fused-ring (bicyclic) bond motifs is 3. The Balaban J connectivity index is 0.00000113. The van der Waals surface area contributed by atoms with Gasteiger partial charge in [-0.05, 0) is 80.6 Å². The van der Waals surface area contributed by atoms with Crippen molar-refractivity contribution in [1.82, 2.24) is 5.01 Å². The zero-order valence-electron chi connectivity index (χ0n) is 21.5. The number of rotatable bonds is 5. The molecular weight excluding hydrogens is 378 g/mol. The molecule has 0 bridgehead atoms. The Hall–Kier alpha value is -0.640. The molecule has 0 aliphatic heterocycles. The number of nitrogens with zero attached hydrogens (tertiary/aromatic N) is 1. The standard InChI is InChI=1S/C25H46N2.C2H4.CH5N/c1-5-17-27(26)18-20(3)23-13-14-24-22-12-7-6-9-19(2)10-8-11-21(22)15-16-25(23,24)4;2*1-2/h19,21-24H,3,5-18,26H2,1-2,4H3;1-2H2;2H2,1H3. The molecule has 3 rings (SSSR count). The maximum Gasteiger partial charge on any atom is 0.0339 e. The Morgan fingerprint density at radius 3 is 2.29 bits per heavy atom. The van der Waals surface area contributed by atoms with Gasteiger partial charge >= 0.3 is 0 Å². The van der Waals surface area contributed by atoms with Crippen molar-refractivity contribution in [2.24, 2.45) is 46.6 Å². The van der Waals surface area contributed by atoms with Crippen LogP contribution < -0.4 is 11.6 Å². The molecule has 3 fully saturated rings. The first kappa shape index (κ1) is 28.4. The van der Waals surface area contributed by atoms with Gasteiger partial charge in [-0.15, -0.1) is 13.2 Å². The number of hydrazine groups is 1. The van der Waals surface area contributed by atoms with Crippen molar-refractivity contribution >= 4 is 0 Å². The molecule has 0 spiro atoms. The summed E-state index contributed by atoms with van der Waals surface area (Å²) in [7, 11) is 1.50. The Morgan fingerprint density at radius 1 is 0.968 bits per heavy atom. The average molecular weight is 434 g/mol. The van der Waals surface area contributed by atoms with Gasteiger partial charge in [0.15, 0.2) is 0 Å². The molecule has 3 aliphatic rings. The number of hydrogen-bond donors (Lipinski definition) is 2. The lowest BCUT2D eigenvalue weighted by Crippen LogP contribution is -2.43. The minimum Gasteiger partial charge on any atom is -0.333 e. The van der Waals surface area contributed by atoms with Crippen LogP contribution in [0.1, 0.15) is 97.8 Å². The topological polar surface area (TPSA) is 55.3 Å². The zero-order chi connectivity index (χ0) is 23.4. The van der Waals surface area contributed by atoms with Gasteiger partial charge in [-0.1, -0.05) is 71.4 Å². The molecular formula is C28H55N3. The molecule has 182 valence electrons. The van der Waals surface area contributed by atoms with E-state index in [0.717, 1.165) is 43.2 Å². The van der Waals surface area contributed by atoms with E-state index in [2.05, 4.69) is 46.2 Å². The zero-order valence-corrected chi connectivity index (χ0v) is 21.5. The molecule has 3 saturated carbocycles. The smallest absolute Gasteiger partial charge is 0.0339 e. The SMILES string of the molecule is C=C.C=C(CN(N)CCC)C1CCC2C3CCCCC(C)CCCC3CCC12C.CN. The summed E-state index contributed by atoms with van der Waals surface area (Å²) in [5.41, 5.74) is 6.41. The number of nitrogens with two attached hydrogens (primary N) is 2. The van der Waals surface area contributed by atoms with Crippen molar-refractivity contribution in [1.29, 1.82) is 0 Å². The van der Waals surface area contributed by atoms with Gasteiger partial charge in [0.1, 0.15) is 0 Å². The van der Waals surface area contributed by atoms with E-state index >= 15 is 0 Å². The highest BCUT2D eigenvalue weighted by atomic mass is 15.4. The van der Waals surface area contributed by atoms with E-state index in [9.17, 15) is 0 Å². The Morgan fingerprint density at radius 2 is 1.61 bits per heavy atom.